The topological polar surface area (TPSA) is 33.0 Å². The van der Waals surface area contributed by atoms with Crippen molar-refractivity contribution < 1.29 is 4.74 Å². The lowest BCUT2D eigenvalue weighted by Crippen LogP contribution is -1.89. The highest BCUT2D eigenvalue weighted by atomic mass is 16.5. The van der Waals surface area contributed by atoms with Crippen molar-refractivity contribution in [2.45, 2.75) is 13.8 Å². The first kappa shape index (κ1) is 12.2. The molecular weight excluding hydrogens is 222 g/mol. The van der Waals surface area contributed by atoms with Gasteiger partial charge in [-0.2, -0.15) is 5.26 Å². The number of hydrogen-bond acceptors (Lipinski definition) is 2. The van der Waals surface area contributed by atoms with E-state index in [1.54, 1.807) is 7.11 Å². The molecule has 0 radical (unpaired) electrons. The fraction of sp³-hybridized carbons (Fsp3) is 0.188. The van der Waals surface area contributed by atoms with Crippen LogP contribution in [0.5, 0.6) is 5.75 Å². The molecule has 0 aliphatic carbocycles. The summed E-state index contributed by atoms with van der Waals surface area (Å²) < 4.78 is 5.28. The van der Waals surface area contributed by atoms with E-state index in [1.807, 2.05) is 44.2 Å². The van der Waals surface area contributed by atoms with E-state index in [9.17, 15) is 5.26 Å². The van der Waals surface area contributed by atoms with Crippen molar-refractivity contribution in [1.82, 2.24) is 0 Å². The van der Waals surface area contributed by atoms with Gasteiger partial charge in [-0.1, -0.05) is 23.8 Å². The summed E-state index contributed by atoms with van der Waals surface area (Å²) in [6, 6.07) is 14.1. The maximum absolute atomic E-state index is 9.19. The van der Waals surface area contributed by atoms with Gasteiger partial charge in [0, 0.05) is 0 Å². The van der Waals surface area contributed by atoms with Crippen LogP contribution in [0.4, 0.5) is 0 Å². The van der Waals surface area contributed by atoms with E-state index in [4.69, 9.17) is 4.74 Å². The number of rotatable bonds is 2. The smallest absolute Gasteiger partial charge is 0.119 e. The van der Waals surface area contributed by atoms with Gasteiger partial charge in [-0.3, -0.25) is 0 Å². The molecular formula is C16H15NO. The molecule has 2 aromatic carbocycles. The Hall–Kier alpha value is -2.27. The van der Waals surface area contributed by atoms with Gasteiger partial charge in [0.15, 0.2) is 0 Å². The van der Waals surface area contributed by atoms with E-state index >= 15 is 0 Å². The number of nitriles is 1. The summed E-state index contributed by atoms with van der Waals surface area (Å²) in [6.07, 6.45) is 0. The Balaban J connectivity index is 2.65. The van der Waals surface area contributed by atoms with Crippen molar-refractivity contribution in [1.29, 1.82) is 5.26 Å². The van der Waals surface area contributed by atoms with Gasteiger partial charge < -0.3 is 4.74 Å². The van der Waals surface area contributed by atoms with Crippen molar-refractivity contribution >= 4 is 0 Å². The summed E-state index contributed by atoms with van der Waals surface area (Å²) in [4.78, 5) is 0. The number of nitrogens with zero attached hydrogens (tertiary/aromatic N) is 1. The Morgan fingerprint density at radius 2 is 1.78 bits per heavy atom. The molecule has 2 aromatic rings. The molecule has 0 unspecified atom stereocenters. The van der Waals surface area contributed by atoms with E-state index < -0.39 is 0 Å². The van der Waals surface area contributed by atoms with E-state index in [-0.39, 0.29) is 0 Å². The molecule has 0 fully saturated rings. The molecule has 0 bridgehead atoms. The third-order valence-electron chi connectivity index (χ3n) is 2.89. The highest BCUT2D eigenvalue weighted by Gasteiger charge is 2.07. The first-order valence-corrected chi connectivity index (χ1v) is 5.81. The minimum Gasteiger partial charge on any atom is -0.497 e. The van der Waals surface area contributed by atoms with Crippen LogP contribution in [0.2, 0.25) is 0 Å². The van der Waals surface area contributed by atoms with Crippen LogP contribution in [0, 0.1) is 25.2 Å². The summed E-state index contributed by atoms with van der Waals surface area (Å²) in [7, 11) is 1.65. The zero-order chi connectivity index (χ0) is 13.1. The first-order chi connectivity index (χ1) is 8.63. The zero-order valence-electron chi connectivity index (χ0n) is 10.8. The molecule has 0 spiro atoms. The predicted octanol–water partition coefficient (Wildman–Crippen LogP) is 3.85. The molecule has 0 saturated heterocycles. The standard InChI is InChI=1S/C16H15NO/c1-11-4-5-13(10-17)16(8-11)14-6-12(2)7-15(9-14)18-3/h4-9H,1-3H3. The molecule has 0 aliphatic heterocycles. The number of ether oxygens (including phenoxy) is 1. The molecule has 0 aromatic heterocycles. The van der Waals surface area contributed by atoms with Crippen LogP contribution < -0.4 is 4.74 Å². The van der Waals surface area contributed by atoms with Crippen LogP contribution in [-0.4, -0.2) is 7.11 Å². The van der Waals surface area contributed by atoms with Crippen LogP contribution in [0.15, 0.2) is 36.4 Å². The number of benzene rings is 2. The molecule has 0 saturated carbocycles. The molecule has 0 heterocycles. The molecule has 0 N–H and O–H groups in total. The van der Waals surface area contributed by atoms with Gasteiger partial charge >= 0.3 is 0 Å². The quantitative estimate of drug-likeness (QED) is 0.794. The average molecular weight is 237 g/mol. The fourth-order valence-corrected chi connectivity index (χ4v) is 2.02. The third kappa shape index (κ3) is 2.36. The summed E-state index contributed by atoms with van der Waals surface area (Å²) >= 11 is 0. The Morgan fingerprint density at radius 1 is 1.00 bits per heavy atom. The highest BCUT2D eigenvalue weighted by Crippen LogP contribution is 2.29. The third-order valence-corrected chi connectivity index (χ3v) is 2.89. The monoisotopic (exact) mass is 237 g/mol. The van der Waals surface area contributed by atoms with Crippen molar-refractivity contribution in [2.24, 2.45) is 0 Å². The zero-order valence-corrected chi connectivity index (χ0v) is 10.8. The molecule has 0 amide bonds. The second-order valence-electron chi connectivity index (χ2n) is 4.40. The lowest BCUT2D eigenvalue weighted by atomic mass is 9.97. The fourth-order valence-electron chi connectivity index (χ4n) is 2.02. The van der Waals surface area contributed by atoms with E-state index in [1.165, 1.54) is 0 Å². The van der Waals surface area contributed by atoms with Gasteiger partial charge in [-0.25, -0.2) is 0 Å². The van der Waals surface area contributed by atoms with E-state index in [0.29, 0.717) is 5.56 Å². The molecule has 2 rings (SSSR count). The first-order valence-electron chi connectivity index (χ1n) is 5.81. The summed E-state index contributed by atoms with van der Waals surface area (Å²) in [5, 5.41) is 9.19. The Bertz CT molecular complexity index is 623. The largest absolute Gasteiger partial charge is 0.497 e. The van der Waals surface area contributed by atoms with E-state index in [2.05, 4.69) is 12.1 Å². The van der Waals surface area contributed by atoms with Crippen LogP contribution in [-0.2, 0) is 0 Å². The van der Waals surface area contributed by atoms with Crippen molar-refractivity contribution in [3.8, 4) is 22.9 Å². The van der Waals surface area contributed by atoms with Crippen LogP contribution in [0.3, 0.4) is 0 Å². The lowest BCUT2D eigenvalue weighted by molar-refractivity contribution is 0.414. The van der Waals surface area contributed by atoms with Gasteiger partial charge in [-0.15, -0.1) is 0 Å². The van der Waals surface area contributed by atoms with Crippen molar-refractivity contribution in [3.63, 3.8) is 0 Å². The maximum atomic E-state index is 9.19. The average Bonchev–Trinajstić information content (AvgIpc) is 2.38. The minimum absolute atomic E-state index is 0.688. The molecule has 90 valence electrons. The summed E-state index contributed by atoms with van der Waals surface area (Å²) in [6.45, 7) is 4.05. The Kier molecular flexibility index (Phi) is 3.34. The number of hydrogen-bond donors (Lipinski definition) is 0. The van der Waals surface area contributed by atoms with Crippen LogP contribution in [0.1, 0.15) is 16.7 Å². The number of methoxy groups -OCH3 is 1. The second-order valence-corrected chi connectivity index (χ2v) is 4.40. The maximum Gasteiger partial charge on any atom is 0.119 e. The Labute approximate surface area is 107 Å². The molecule has 18 heavy (non-hydrogen) atoms. The Morgan fingerprint density at radius 3 is 2.44 bits per heavy atom. The summed E-state index contributed by atoms with van der Waals surface area (Å²) in [5.74, 6) is 0.815. The van der Waals surface area contributed by atoms with Crippen LogP contribution >= 0.6 is 0 Å². The lowest BCUT2D eigenvalue weighted by Gasteiger charge is -2.09. The molecule has 2 nitrogen and oxygen atoms in total. The van der Waals surface area contributed by atoms with Gasteiger partial charge in [0.1, 0.15) is 5.75 Å². The van der Waals surface area contributed by atoms with Crippen molar-refractivity contribution in [2.75, 3.05) is 7.11 Å². The highest BCUT2D eigenvalue weighted by molar-refractivity contribution is 5.72. The van der Waals surface area contributed by atoms with Gasteiger partial charge in [0.25, 0.3) is 0 Å². The van der Waals surface area contributed by atoms with Gasteiger partial charge in [0.05, 0.1) is 18.7 Å². The summed E-state index contributed by atoms with van der Waals surface area (Å²) in [5.41, 5.74) is 4.93. The van der Waals surface area contributed by atoms with Crippen molar-refractivity contribution in [3.05, 3.63) is 53.1 Å². The minimum atomic E-state index is 0.688. The predicted molar refractivity (Wildman–Crippen MR) is 72.6 cm³/mol. The van der Waals surface area contributed by atoms with Crippen LogP contribution in [0.25, 0.3) is 11.1 Å². The molecule has 0 aliphatic rings. The number of aryl methyl sites for hydroxylation is 2. The second kappa shape index (κ2) is 4.93. The molecule has 0 atom stereocenters. The normalized spacial score (nSPS) is 9.89. The molecule has 2 heteroatoms. The van der Waals surface area contributed by atoms with E-state index in [0.717, 1.165) is 28.0 Å². The van der Waals surface area contributed by atoms with Gasteiger partial charge in [0.2, 0.25) is 0 Å². The van der Waals surface area contributed by atoms with Gasteiger partial charge in [-0.05, 0) is 48.7 Å². The SMILES string of the molecule is COc1cc(C)cc(-c2cc(C)ccc2C#N)c1.